The van der Waals surface area contributed by atoms with Crippen molar-refractivity contribution in [2.75, 3.05) is 46.5 Å². The Labute approximate surface area is 183 Å². The monoisotopic (exact) mass is 448 g/mol. The Morgan fingerprint density at radius 3 is 2.35 bits per heavy atom. The Morgan fingerprint density at radius 1 is 1.00 bits per heavy atom. The lowest BCUT2D eigenvalue weighted by Gasteiger charge is -2.34. The molecule has 0 aromatic heterocycles. The van der Waals surface area contributed by atoms with Gasteiger partial charge in [0.25, 0.3) is 0 Å². The number of rotatable bonds is 9. The molecule has 1 aliphatic rings. The van der Waals surface area contributed by atoms with Crippen LogP contribution in [0, 0.1) is 0 Å². The van der Waals surface area contributed by atoms with Crippen LogP contribution < -0.4 is 9.47 Å². The number of carbonyl (C=O) groups is 1. The summed E-state index contributed by atoms with van der Waals surface area (Å²) < 4.78 is 43.2. The fourth-order valence-electron chi connectivity index (χ4n) is 3.31. The third-order valence-electron chi connectivity index (χ3n) is 4.99. The molecule has 0 saturated carbocycles. The van der Waals surface area contributed by atoms with E-state index in [1.807, 2.05) is 31.2 Å². The molecule has 3 rings (SSSR count). The molecule has 9 heteroatoms. The number of methoxy groups -OCH3 is 1. The van der Waals surface area contributed by atoms with Gasteiger partial charge >= 0.3 is 0 Å². The first kappa shape index (κ1) is 23.1. The molecule has 1 heterocycles. The molecule has 0 N–H and O–H groups in total. The van der Waals surface area contributed by atoms with E-state index in [-0.39, 0.29) is 30.5 Å². The van der Waals surface area contributed by atoms with E-state index in [4.69, 9.17) is 14.2 Å². The summed E-state index contributed by atoms with van der Waals surface area (Å²) in [7, 11) is -2.01. The largest absolute Gasteiger partial charge is 0.497 e. The molecule has 1 saturated heterocycles. The first-order valence-corrected chi connectivity index (χ1v) is 11.6. The Bertz CT molecular complexity index is 970. The Kier molecular flexibility index (Phi) is 7.89. The molecule has 0 unspecified atom stereocenters. The lowest BCUT2D eigenvalue weighted by Crippen LogP contribution is -2.51. The van der Waals surface area contributed by atoms with Gasteiger partial charge in [-0.2, -0.15) is 4.31 Å². The predicted molar refractivity (Wildman–Crippen MR) is 116 cm³/mol. The molecule has 0 bridgehead atoms. The van der Waals surface area contributed by atoms with E-state index < -0.39 is 10.0 Å². The Morgan fingerprint density at radius 2 is 1.71 bits per heavy atom. The highest BCUT2D eigenvalue weighted by Gasteiger charge is 2.30. The third kappa shape index (κ3) is 5.96. The SMILES string of the molecule is CCOc1ccc(S(=O)(=O)N2CCN(C(=O)COCc3cccc(OC)c3)CC2)cc1. The minimum atomic E-state index is -3.61. The van der Waals surface area contributed by atoms with Crippen molar-refractivity contribution in [2.45, 2.75) is 18.4 Å². The summed E-state index contributed by atoms with van der Waals surface area (Å²) in [4.78, 5) is 14.3. The van der Waals surface area contributed by atoms with Crippen molar-refractivity contribution in [2.24, 2.45) is 0 Å². The first-order valence-electron chi connectivity index (χ1n) is 10.2. The number of amides is 1. The number of hydrogen-bond acceptors (Lipinski definition) is 6. The highest BCUT2D eigenvalue weighted by atomic mass is 32.2. The smallest absolute Gasteiger partial charge is 0.248 e. The molecule has 2 aromatic carbocycles. The van der Waals surface area contributed by atoms with Crippen LogP contribution in [0.3, 0.4) is 0 Å². The van der Waals surface area contributed by atoms with Crippen LogP contribution in [0.4, 0.5) is 0 Å². The van der Waals surface area contributed by atoms with Gasteiger partial charge in [-0.1, -0.05) is 12.1 Å². The molecule has 168 valence electrons. The summed E-state index contributed by atoms with van der Waals surface area (Å²) in [5.41, 5.74) is 0.915. The molecule has 1 fully saturated rings. The van der Waals surface area contributed by atoms with E-state index in [2.05, 4.69) is 0 Å². The van der Waals surface area contributed by atoms with Gasteiger partial charge in [0, 0.05) is 26.2 Å². The van der Waals surface area contributed by atoms with E-state index in [1.165, 1.54) is 4.31 Å². The van der Waals surface area contributed by atoms with Crippen LogP contribution in [0.5, 0.6) is 11.5 Å². The number of benzene rings is 2. The lowest BCUT2D eigenvalue weighted by molar-refractivity contribution is -0.137. The standard InChI is InChI=1S/C22H28N2O6S/c1-3-30-19-7-9-21(10-8-19)31(26,27)24-13-11-23(12-14-24)22(25)17-29-16-18-5-4-6-20(15-18)28-2/h4-10,15H,3,11-14,16-17H2,1-2H3. The molecule has 0 atom stereocenters. The van der Waals surface area contributed by atoms with Crippen LogP contribution in [0.15, 0.2) is 53.4 Å². The maximum atomic E-state index is 12.9. The highest BCUT2D eigenvalue weighted by molar-refractivity contribution is 7.89. The average Bonchev–Trinajstić information content (AvgIpc) is 2.80. The van der Waals surface area contributed by atoms with E-state index in [0.717, 1.165) is 11.3 Å². The molecular formula is C22H28N2O6S. The minimum Gasteiger partial charge on any atom is -0.497 e. The van der Waals surface area contributed by atoms with Gasteiger partial charge in [-0.3, -0.25) is 4.79 Å². The van der Waals surface area contributed by atoms with Crippen LogP contribution in [-0.4, -0.2) is 70.0 Å². The van der Waals surface area contributed by atoms with Crippen LogP contribution in [0.2, 0.25) is 0 Å². The maximum Gasteiger partial charge on any atom is 0.248 e. The van der Waals surface area contributed by atoms with E-state index >= 15 is 0 Å². The van der Waals surface area contributed by atoms with Crippen LogP contribution in [0.1, 0.15) is 12.5 Å². The molecule has 31 heavy (non-hydrogen) atoms. The molecule has 0 radical (unpaired) electrons. The molecule has 1 amide bonds. The lowest BCUT2D eigenvalue weighted by atomic mass is 10.2. The fourth-order valence-corrected chi connectivity index (χ4v) is 4.73. The molecular weight excluding hydrogens is 420 g/mol. The number of sulfonamides is 1. The zero-order chi connectivity index (χ0) is 22.3. The van der Waals surface area contributed by atoms with Crippen LogP contribution in [-0.2, 0) is 26.2 Å². The van der Waals surface area contributed by atoms with Gasteiger partial charge in [0.15, 0.2) is 0 Å². The topological polar surface area (TPSA) is 85.4 Å². The normalized spacial score (nSPS) is 15.0. The average molecular weight is 449 g/mol. The number of hydrogen-bond donors (Lipinski definition) is 0. The summed E-state index contributed by atoms with van der Waals surface area (Å²) in [6.45, 7) is 3.79. The molecule has 0 spiro atoms. The summed E-state index contributed by atoms with van der Waals surface area (Å²) in [5.74, 6) is 1.21. The summed E-state index contributed by atoms with van der Waals surface area (Å²) in [5, 5.41) is 0. The summed E-state index contributed by atoms with van der Waals surface area (Å²) in [6.07, 6.45) is 0. The molecule has 8 nitrogen and oxygen atoms in total. The summed E-state index contributed by atoms with van der Waals surface area (Å²) in [6, 6.07) is 13.9. The zero-order valence-corrected chi connectivity index (χ0v) is 18.6. The van der Waals surface area contributed by atoms with E-state index in [1.54, 1.807) is 36.3 Å². The quantitative estimate of drug-likeness (QED) is 0.584. The summed E-state index contributed by atoms with van der Waals surface area (Å²) >= 11 is 0. The predicted octanol–water partition coefficient (Wildman–Crippen LogP) is 2.14. The van der Waals surface area contributed by atoms with Crippen LogP contribution >= 0.6 is 0 Å². The number of nitrogens with zero attached hydrogens (tertiary/aromatic N) is 2. The van der Waals surface area contributed by atoms with Gasteiger partial charge in [0.2, 0.25) is 15.9 Å². The van der Waals surface area contributed by atoms with Crippen molar-refractivity contribution in [1.82, 2.24) is 9.21 Å². The second kappa shape index (κ2) is 10.6. The number of carbonyl (C=O) groups excluding carboxylic acids is 1. The van der Waals surface area contributed by atoms with E-state index in [0.29, 0.717) is 32.1 Å². The van der Waals surface area contributed by atoms with Gasteiger partial charge in [-0.25, -0.2) is 8.42 Å². The fraction of sp³-hybridized carbons (Fsp3) is 0.409. The highest BCUT2D eigenvalue weighted by Crippen LogP contribution is 2.21. The van der Waals surface area contributed by atoms with Crippen molar-refractivity contribution in [1.29, 1.82) is 0 Å². The first-order chi connectivity index (χ1) is 14.9. The van der Waals surface area contributed by atoms with Crippen LogP contribution in [0.25, 0.3) is 0 Å². The molecule has 2 aromatic rings. The number of ether oxygens (including phenoxy) is 3. The second-order valence-corrected chi connectivity index (χ2v) is 8.97. The maximum absolute atomic E-state index is 12.9. The van der Waals surface area contributed by atoms with Gasteiger partial charge in [0.05, 0.1) is 25.2 Å². The molecule has 1 aliphatic heterocycles. The van der Waals surface area contributed by atoms with Crippen molar-refractivity contribution >= 4 is 15.9 Å². The molecule has 0 aliphatic carbocycles. The van der Waals surface area contributed by atoms with Gasteiger partial charge in [-0.05, 0) is 48.9 Å². The zero-order valence-electron chi connectivity index (χ0n) is 17.8. The van der Waals surface area contributed by atoms with Crippen molar-refractivity contribution in [3.63, 3.8) is 0 Å². The van der Waals surface area contributed by atoms with Crippen molar-refractivity contribution in [3.05, 3.63) is 54.1 Å². The Balaban J connectivity index is 1.48. The van der Waals surface area contributed by atoms with Gasteiger partial charge < -0.3 is 19.1 Å². The third-order valence-corrected chi connectivity index (χ3v) is 6.91. The van der Waals surface area contributed by atoms with E-state index in [9.17, 15) is 13.2 Å². The van der Waals surface area contributed by atoms with Crippen molar-refractivity contribution < 1.29 is 27.4 Å². The van der Waals surface area contributed by atoms with Gasteiger partial charge in [-0.15, -0.1) is 0 Å². The minimum absolute atomic E-state index is 0.0527. The Hall–Kier alpha value is -2.62. The second-order valence-electron chi connectivity index (χ2n) is 7.03. The van der Waals surface area contributed by atoms with Crippen molar-refractivity contribution in [3.8, 4) is 11.5 Å². The number of piperazine rings is 1. The van der Waals surface area contributed by atoms with Gasteiger partial charge in [0.1, 0.15) is 18.1 Å².